The topological polar surface area (TPSA) is 42.0 Å². The molecule has 5 nitrogen and oxygen atoms in total. The van der Waals surface area contributed by atoms with Gasteiger partial charge in [-0.25, -0.2) is 0 Å². The standard InChI is InChI=1S/C16H28N2O3/c1-13-4-3-5-14(2)18(13)15(19)12-17-8-6-16(7-9-17)20-10-11-21-16/h13-14H,3-12H2,1-2H3. The lowest BCUT2D eigenvalue weighted by Crippen LogP contribution is -2.53. The quantitative estimate of drug-likeness (QED) is 0.776. The van der Waals surface area contributed by atoms with Crippen molar-refractivity contribution in [1.82, 2.24) is 9.80 Å². The molecule has 0 aliphatic carbocycles. The Balaban J connectivity index is 1.51. The third kappa shape index (κ3) is 3.25. The molecule has 0 aromatic rings. The summed E-state index contributed by atoms with van der Waals surface area (Å²) in [5.41, 5.74) is 0. The van der Waals surface area contributed by atoms with E-state index in [9.17, 15) is 4.79 Å². The zero-order valence-electron chi connectivity index (χ0n) is 13.3. The summed E-state index contributed by atoms with van der Waals surface area (Å²) in [5.74, 6) is -0.0514. The van der Waals surface area contributed by atoms with E-state index in [4.69, 9.17) is 9.47 Å². The number of hydrogen-bond donors (Lipinski definition) is 0. The van der Waals surface area contributed by atoms with Crippen LogP contribution in [0.3, 0.4) is 0 Å². The molecule has 0 aromatic carbocycles. The molecule has 3 heterocycles. The molecule has 2 unspecified atom stereocenters. The Kier molecular flexibility index (Phi) is 4.52. The minimum Gasteiger partial charge on any atom is -0.347 e. The first kappa shape index (κ1) is 15.3. The van der Waals surface area contributed by atoms with Crippen LogP contribution in [0.1, 0.15) is 46.0 Å². The summed E-state index contributed by atoms with van der Waals surface area (Å²) in [6.07, 6.45) is 5.28. The third-order valence-corrected chi connectivity index (χ3v) is 5.27. The van der Waals surface area contributed by atoms with Gasteiger partial charge in [0.15, 0.2) is 5.79 Å². The largest absolute Gasteiger partial charge is 0.347 e. The van der Waals surface area contributed by atoms with Crippen molar-refractivity contribution in [3.05, 3.63) is 0 Å². The maximum Gasteiger partial charge on any atom is 0.237 e. The van der Waals surface area contributed by atoms with E-state index >= 15 is 0 Å². The van der Waals surface area contributed by atoms with Crippen LogP contribution < -0.4 is 0 Å². The van der Waals surface area contributed by atoms with Crippen LogP contribution in [0.25, 0.3) is 0 Å². The van der Waals surface area contributed by atoms with Crippen LogP contribution >= 0.6 is 0 Å². The number of carbonyl (C=O) groups is 1. The highest BCUT2D eigenvalue weighted by Crippen LogP contribution is 2.31. The first-order valence-electron chi connectivity index (χ1n) is 8.41. The van der Waals surface area contributed by atoms with Crippen molar-refractivity contribution in [3.63, 3.8) is 0 Å². The molecule has 0 N–H and O–H groups in total. The maximum atomic E-state index is 12.6. The van der Waals surface area contributed by atoms with Crippen LogP contribution in [0.2, 0.25) is 0 Å². The van der Waals surface area contributed by atoms with Gasteiger partial charge in [0.05, 0.1) is 19.8 Å². The zero-order chi connectivity index (χ0) is 14.9. The lowest BCUT2D eigenvalue weighted by molar-refractivity contribution is -0.186. The first-order valence-corrected chi connectivity index (χ1v) is 8.41. The summed E-state index contributed by atoms with van der Waals surface area (Å²) >= 11 is 0. The second kappa shape index (κ2) is 6.23. The number of rotatable bonds is 2. The van der Waals surface area contributed by atoms with E-state index in [1.165, 1.54) is 6.42 Å². The molecule has 0 saturated carbocycles. The van der Waals surface area contributed by atoms with Crippen molar-refractivity contribution in [2.45, 2.75) is 63.8 Å². The molecular weight excluding hydrogens is 268 g/mol. The van der Waals surface area contributed by atoms with E-state index in [2.05, 4.69) is 23.6 Å². The summed E-state index contributed by atoms with van der Waals surface area (Å²) in [4.78, 5) is 17.0. The number of carbonyl (C=O) groups excluding carboxylic acids is 1. The van der Waals surface area contributed by atoms with Gasteiger partial charge in [-0.1, -0.05) is 0 Å². The summed E-state index contributed by atoms with van der Waals surface area (Å²) < 4.78 is 11.5. The number of nitrogens with zero attached hydrogens (tertiary/aromatic N) is 2. The molecule has 3 fully saturated rings. The molecule has 21 heavy (non-hydrogen) atoms. The number of amides is 1. The second-order valence-corrected chi connectivity index (χ2v) is 6.81. The van der Waals surface area contributed by atoms with Crippen LogP contribution in [-0.4, -0.2) is 66.4 Å². The van der Waals surface area contributed by atoms with Gasteiger partial charge >= 0.3 is 0 Å². The molecule has 0 radical (unpaired) electrons. The van der Waals surface area contributed by atoms with Crippen molar-refractivity contribution in [1.29, 1.82) is 0 Å². The summed E-state index contributed by atoms with van der Waals surface area (Å²) in [6, 6.07) is 0.776. The van der Waals surface area contributed by atoms with E-state index in [1.54, 1.807) is 0 Å². The number of hydrogen-bond acceptors (Lipinski definition) is 4. The average Bonchev–Trinajstić information content (AvgIpc) is 2.90. The van der Waals surface area contributed by atoms with E-state index in [0.29, 0.717) is 37.7 Å². The lowest BCUT2D eigenvalue weighted by Gasteiger charge is -2.42. The van der Waals surface area contributed by atoms with Crippen molar-refractivity contribution >= 4 is 5.91 Å². The Morgan fingerprint density at radius 2 is 1.67 bits per heavy atom. The van der Waals surface area contributed by atoms with Gasteiger partial charge in [0, 0.05) is 38.0 Å². The molecule has 1 amide bonds. The van der Waals surface area contributed by atoms with Gasteiger partial charge < -0.3 is 14.4 Å². The molecule has 120 valence electrons. The van der Waals surface area contributed by atoms with Gasteiger partial charge in [-0.15, -0.1) is 0 Å². The van der Waals surface area contributed by atoms with E-state index in [-0.39, 0.29) is 5.79 Å². The zero-order valence-corrected chi connectivity index (χ0v) is 13.3. The summed E-state index contributed by atoms with van der Waals surface area (Å²) in [5, 5.41) is 0. The Bertz CT molecular complexity index is 362. The molecule has 0 aromatic heterocycles. The average molecular weight is 296 g/mol. The van der Waals surface area contributed by atoms with Crippen LogP contribution in [0.15, 0.2) is 0 Å². The maximum absolute atomic E-state index is 12.6. The molecular formula is C16H28N2O3. The molecule has 0 bridgehead atoms. The molecule has 5 heteroatoms. The Morgan fingerprint density at radius 3 is 2.24 bits per heavy atom. The molecule has 3 saturated heterocycles. The highest BCUT2D eigenvalue weighted by atomic mass is 16.7. The van der Waals surface area contributed by atoms with Gasteiger partial charge in [0.25, 0.3) is 0 Å². The third-order valence-electron chi connectivity index (χ3n) is 5.27. The highest BCUT2D eigenvalue weighted by Gasteiger charge is 2.40. The molecule has 3 aliphatic rings. The smallest absolute Gasteiger partial charge is 0.237 e. The monoisotopic (exact) mass is 296 g/mol. The normalized spacial score (nSPS) is 33.5. The summed E-state index contributed by atoms with van der Waals surface area (Å²) in [6.45, 7) is 8.11. The van der Waals surface area contributed by atoms with Crippen molar-refractivity contribution in [3.8, 4) is 0 Å². The summed E-state index contributed by atoms with van der Waals surface area (Å²) in [7, 11) is 0. The molecule has 3 rings (SSSR count). The predicted molar refractivity (Wildman–Crippen MR) is 79.9 cm³/mol. The second-order valence-electron chi connectivity index (χ2n) is 6.81. The van der Waals surface area contributed by atoms with Gasteiger partial charge in [0.2, 0.25) is 5.91 Å². The number of likely N-dealkylation sites (tertiary alicyclic amines) is 2. The van der Waals surface area contributed by atoms with Crippen molar-refractivity contribution in [2.24, 2.45) is 0 Å². The fraction of sp³-hybridized carbons (Fsp3) is 0.938. The predicted octanol–water partition coefficient (Wildman–Crippen LogP) is 1.61. The fourth-order valence-electron chi connectivity index (χ4n) is 4.02. The lowest BCUT2D eigenvalue weighted by atomic mass is 9.97. The van der Waals surface area contributed by atoms with Crippen LogP contribution in [0.5, 0.6) is 0 Å². The van der Waals surface area contributed by atoms with Gasteiger partial charge in [-0.2, -0.15) is 0 Å². The van der Waals surface area contributed by atoms with Crippen LogP contribution in [0.4, 0.5) is 0 Å². The van der Waals surface area contributed by atoms with Gasteiger partial charge in [0.1, 0.15) is 0 Å². The van der Waals surface area contributed by atoms with Gasteiger partial charge in [-0.05, 0) is 33.1 Å². The molecule has 3 aliphatic heterocycles. The van der Waals surface area contributed by atoms with E-state index in [1.807, 2.05) is 0 Å². The number of piperidine rings is 2. The molecule has 2 atom stereocenters. The van der Waals surface area contributed by atoms with E-state index < -0.39 is 0 Å². The SMILES string of the molecule is CC1CCCC(C)N1C(=O)CN1CCC2(CC1)OCCO2. The van der Waals surface area contributed by atoms with Gasteiger partial charge in [-0.3, -0.25) is 9.69 Å². The van der Waals surface area contributed by atoms with E-state index in [0.717, 1.165) is 38.8 Å². The molecule has 1 spiro atoms. The Labute approximate surface area is 127 Å². The van der Waals surface area contributed by atoms with Crippen molar-refractivity contribution in [2.75, 3.05) is 32.8 Å². The first-order chi connectivity index (χ1) is 10.1. The minimum absolute atomic E-state index is 0.291. The minimum atomic E-state index is -0.342. The Morgan fingerprint density at radius 1 is 1.10 bits per heavy atom. The van der Waals surface area contributed by atoms with Crippen LogP contribution in [0, 0.1) is 0 Å². The Hall–Kier alpha value is -0.650. The van der Waals surface area contributed by atoms with Crippen molar-refractivity contribution < 1.29 is 14.3 Å². The highest BCUT2D eigenvalue weighted by molar-refractivity contribution is 5.79. The van der Waals surface area contributed by atoms with Crippen LogP contribution in [-0.2, 0) is 14.3 Å². The number of ether oxygens (including phenoxy) is 2. The fourth-order valence-corrected chi connectivity index (χ4v) is 4.02.